The Hall–Kier alpha value is -3.45. The number of aromatic nitrogens is 2. The number of benzene rings is 1. The summed E-state index contributed by atoms with van der Waals surface area (Å²) >= 11 is 0. The number of carbonyl (C=O) groups is 1. The third-order valence-corrected chi connectivity index (χ3v) is 8.18. The highest BCUT2D eigenvalue weighted by Crippen LogP contribution is 2.35. The molecule has 0 radical (unpaired) electrons. The topological polar surface area (TPSA) is 84.4 Å². The standard InChI is InChI=1S/C28H29F5N4O3S/c1-2-41(39)24-11-9-22(34-15-24)14-36-26(38)19-6-12-25(35-13-19)37-16-20(5-10-23(37)17-40-27(29)30)18-3-7-21(8-4-18)28(31,32)33/h3-4,6-9,11-13,15,20,23,27H,2,5,10,14,16-17H2,1H3,(H,36,38)/t20?,23-,41?/m0/s1. The fourth-order valence-electron chi connectivity index (χ4n) is 4.66. The Bertz CT molecular complexity index is 1320. The van der Waals surface area contributed by atoms with Crippen molar-refractivity contribution in [3.05, 3.63) is 83.3 Å². The van der Waals surface area contributed by atoms with E-state index in [1.54, 1.807) is 29.2 Å². The van der Waals surface area contributed by atoms with Crippen molar-refractivity contribution < 1.29 is 35.7 Å². The Morgan fingerprint density at radius 2 is 1.83 bits per heavy atom. The predicted molar refractivity (Wildman–Crippen MR) is 143 cm³/mol. The van der Waals surface area contributed by atoms with Gasteiger partial charge in [0.1, 0.15) is 5.82 Å². The van der Waals surface area contributed by atoms with Gasteiger partial charge in [0.25, 0.3) is 5.91 Å². The van der Waals surface area contributed by atoms with Crippen molar-refractivity contribution in [3.63, 3.8) is 0 Å². The van der Waals surface area contributed by atoms with E-state index in [4.69, 9.17) is 0 Å². The lowest BCUT2D eigenvalue weighted by atomic mass is 9.87. The average Bonchev–Trinajstić information content (AvgIpc) is 2.98. The van der Waals surface area contributed by atoms with E-state index in [1.807, 2.05) is 6.92 Å². The van der Waals surface area contributed by atoms with E-state index in [-0.39, 0.29) is 24.6 Å². The molecule has 3 heterocycles. The molecular weight excluding hydrogens is 567 g/mol. The number of piperidine rings is 1. The van der Waals surface area contributed by atoms with Crippen molar-refractivity contribution >= 4 is 22.5 Å². The molecule has 1 aromatic carbocycles. The van der Waals surface area contributed by atoms with Crippen LogP contribution in [0, 0.1) is 0 Å². The molecular formula is C28H29F5N4O3S. The first-order chi connectivity index (χ1) is 19.5. The second-order valence-corrected chi connectivity index (χ2v) is 11.2. The Kier molecular flexibility index (Phi) is 10.0. The van der Waals surface area contributed by atoms with Crippen LogP contribution in [0.15, 0.2) is 65.8 Å². The third kappa shape index (κ3) is 8.07. The fraction of sp³-hybridized carbons (Fsp3) is 0.393. The molecule has 1 aliphatic rings. The van der Waals surface area contributed by atoms with Crippen LogP contribution >= 0.6 is 0 Å². The number of pyridine rings is 2. The van der Waals surface area contributed by atoms with E-state index in [9.17, 15) is 31.0 Å². The molecule has 0 spiro atoms. The summed E-state index contributed by atoms with van der Waals surface area (Å²) in [6, 6.07) is 11.1. The summed E-state index contributed by atoms with van der Waals surface area (Å²) in [6.07, 6.45) is -0.520. The smallest absolute Gasteiger partial charge is 0.351 e. The van der Waals surface area contributed by atoms with Crippen LogP contribution in [0.4, 0.5) is 27.8 Å². The largest absolute Gasteiger partial charge is 0.416 e. The zero-order valence-corrected chi connectivity index (χ0v) is 22.9. The van der Waals surface area contributed by atoms with Gasteiger partial charge in [-0.1, -0.05) is 19.1 Å². The van der Waals surface area contributed by atoms with Crippen LogP contribution in [-0.2, 0) is 28.3 Å². The van der Waals surface area contributed by atoms with Crippen molar-refractivity contribution in [1.29, 1.82) is 0 Å². The van der Waals surface area contributed by atoms with Crippen LogP contribution in [0.1, 0.15) is 52.9 Å². The minimum absolute atomic E-state index is 0.146. The van der Waals surface area contributed by atoms with E-state index in [0.717, 1.165) is 12.1 Å². The summed E-state index contributed by atoms with van der Waals surface area (Å²) in [6.45, 7) is -0.912. The second-order valence-electron chi connectivity index (χ2n) is 9.50. The highest BCUT2D eigenvalue weighted by molar-refractivity contribution is 7.85. The molecule has 0 bridgehead atoms. The molecule has 1 saturated heterocycles. The van der Waals surface area contributed by atoms with E-state index in [1.165, 1.54) is 24.5 Å². The van der Waals surface area contributed by atoms with Gasteiger partial charge in [-0.15, -0.1) is 0 Å². The number of halogens is 5. The molecule has 2 aromatic heterocycles. The molecule has 1 fully saturated rings. The van der Waals surface area contributed by atoms with Crippen molar-refractivity contribution in [3.8, 4) is 0 Å². The quantitative estimate of drug-likeness (QED) is 0.310. The lowest BCUT2D eigenvalue weighted by Crippen LogP contribution is -2.46. The number of anilines is 1. The van der Waals surface area contributed by atoms with Gasteiger partial charge in [-0.05, 0) is 54.8 Å². The average molecular weight is 597 g/mol. The molecule has 7 nitrogen and oxygen atoms in total. The molecule has 1 aliphatic heterocycles. The maximum atomic E-state index is 13.0. The van der Waals surface area contributed by atoms with Crippen molar-refractivity contribution in [2.45, 2.75) is 56.0 Å². The molecule has 3 atom stereocenters. The Labute approximate surface area is 236 Å². The van der Waals surface area contributed by atoms with Crippen molar-refractivity contribution in [2.24, 2.45) is 0 Å². The maximum absolute atomic E-state index is 13.0. The van der Waals surface area contributed by atoms with E-state index in [0.29, 0.717) is 47.1 Å². The van der Waals surface area contributed by atoms with Crippen molar-refractivity contribution in [1.82, 2.24) is 15.3 Å². The second kappa shape index (κ2) is 13.5. The molecule has 0 saturated carbocycles. The molecule has 2 unspecified atom stereocenters. The normalized spacial score (nSPS) is 18.4. The van der Waals surface area contributed by atoms with Crippen LogP contribution in [-0.4, -0.2) is 51.6 Å². The first-order valence-electron chi connectivity index (χ1n) is 13.0. The molecule has 1 N–H and O–H groups in total. The minimum atomic E-state index is -4.44. The SMILES string of the molecule is CCS(=O)c1ccc(CNC(=O)c2ccc(N3CC(c4ccc(C(F)(F)F)cc4)CC[C@H]3COC(F)F)nc2)nc1. The van der Waals surface area contributed by atoms with Crippen LogP contribution in [0.2, 0.25) is 0 Å². The van der Waals surface area contributed by atoms with Crippen LogP contribution in [0.5, 0.6) is 0 Å². The number of rotatable bonds is 10. The number of amides is 1. The van der Waals surface area contributed by atoms with Crippen molar-refractivity contribution in [2.75, 3.05) is 23.8 Å². The third-order valence-electron chi connectivity index (χ3n) is 6.89. The monoisotopic (exact) mass is 596 g/mol. The van der Waals surface area contributed by atoms with E-state index in [2.05, 4.69) is 20.0 Å². The highest BCUT2D eigenvalue weighted by atomic mass is 32.2. The molecule has 4 rings (SSSR count). The number of carbonyl (C=O) groups excluding carboxylic acids is 1. The Morgan fingerprint density at radius 3 is 2.41 bits per heavy atom. The molecule has 3 aromatic rings. The van der Waals surface area contributed by atoms with Gasteiger partial charge in [-0.25, -0.2) is 4.98 Å². The Balaban J connectivity index is 1.44. The highest BCUT2D eigenvalue weighted by Gasteiger charge is 2.33. The zero-order valence-electron chi connectivity index (χ0n) is 22.1. The minimum Gasteiger partial charge on any atom is -0.351 e. The zero-order chi connectivity index (χ0) is 29.6. The van der Waals surface area contributed by atoms with E-state index >= 15 is 0 Å². The number of nitrogens with one attached hydrogen (secondary N) is 1. The first-order valence-corrected chi connectivity index (χ1v) is 14.3. The summed E-state index contributed by atoms with van der Waals surface area (Å²) < 4.78 is 81.0. The van der Waals surface area contributed by atoms with Gasteiger partial charge >= 0.3 is 12.8 Å². The molecule has 220 valence electrons. The van der Waals surface area contributed by atoms with Gasteiger partial charge in [-0.2, -0.15) is 22.0 Å². The molecule has 13 heteroatoms. The van der Waals surface area contributed by atoms with Gasteiger partial charge in [-0.3, -0.25) is 14.0 Å². The van der Waals surface area contributed by atoms with Gasteiger partial charge in [0.05, 0.1) is 51.7 Å². The Morgan fingerprint density at radius 1 is 1.07 bits per heavy atom. The summed E-state index contributed by atoms with van der Waals surface area (Å²) in [5, 5.41) is 2.75. The van der Waals surface area contributed by atoms with Gasteiger partial charge in [0.15, 0.2) is 0 Å². The first kappa shape index (κ1) is 30.5. The molecule has 1 amide bonds. The van der Waals surface area contributed by atoms with E-state index < -0.39 is 41.1 Å². The summed E-state index contributed by atoms with van der Waals surface area (Å²) in [7, 11) is -1.12. The number of nitrogens with zero attached hydrogens (tertiary/aromatic N) is 3. The number of hydrogen-bond acceptors (Lipinski definition) is 6. The number of ether oxygens (including phenoxy) is 1. The molecule has 0 aliphatic carbocycles. The lowest BCUT2D eigenvalue weighted by Gasteiger charge is -2.40. The summed E-state index contributed by atoms with van der Waals surface area (Å²) in [5.74, 6) is 0.361. The van der Waals surface area contributed by atoms with Gasteiger partial charge < -0.3 is 15.0 Å². The number of hydrogen-bond donors (Lipinski definition) is 1. The van der Waals surface area contributed by atoms with Crippen LogP contribution in [0.3, 0.4) is 0 Å². The maximum Gasteiger partial charge on any atom is 0.416 e. The number of alkyl halides is 5. The van der Waals surface area contributed by atoms with Gasteiger partial charge in [0.2, 0.25) is 0 Å². The van der Waals surface area contributed by atoms with Gasteiger partial charge in [0, 0.05) is 30.6 Å². The molecule has 41 heavy (non-hydrogen) atoms. The summed E-state index contributed by atoms with van der Waals surface area (Å²) in [5.41, 5.74) is 0.821. The predicted octanol–water partition coefficient (Wildman–Crippen LogP) is 5.54. The van der Waals surface area contributed by atoms with Crippen LogP contribution in [0.25, 0.3) is 0 Å². The fourth-order valence-corrected chi connectivity index (χ4v) is 5.38. The van der Waals surface area contributed by atoms with Crippen LogP contribution < -0.4 is 10.2 Å². The lowest BCUT2D eigenvalue weighted by molar-refractivity contribution is -0.137. The summed E-state index contributed by atoms with van der Waals surface area (Å²) in [4.78, 5) is 23.7.